The van der Waals surface area contributed by atoms with Crippen molar-refractivity contribution in [3.63, 3.8) is 0 Å². The van der Waals surface area contributed by atoms with E-state index in [0.717, 1.165) is 37.9 Å². The molecule has 0 radical (unpaired) electrons. The first-order valence-corrected chi connectivity index (χ1v) is 6.94. The molecule has 1 aromatic rings. The third-order valence-electron chi connectivity index (χ3n) is 3.85. The second-order valence-electron chi connectivity index (χ2n) is 5.33. The van der Waals surface area contributed by atoms with E-state index in [0.29, 0.717) is 6.54 Å². The normalized spacial score (nSPS) is 21.2. The van der Waals surface area contributed by atoms with Crippen molar-refractivity contribution in [2.45, 2.75) is 26.2 Å². The van der Waals surface area contributed by atoms with Crippen LogP contribution >= 0.6 is 0 Å². The SMILES string of the molecule is CCCC1(C(=O)Nc2ccc(F)c([N+](=O)[O-])c2)CCNC1. The summed E-state index contributed by atoms with van der Waals surface area (Å²) in [6, 6.07) is 3.38. The minimum Gasteiger partial charge on any atom is -0.325 e. The van der Waals surface area contributed by atoms with Gasteiger partial charge in [0.2, 0.25) is 11.7 Å². The summed E-state index contributed by atoms with van der Waals surface area (Å²) in [5, 5.41) is 16.6. The Hall–Kier alpha value is -2.02. The topological polar surface area (TPSA) is 84.3 Å². The molecule has 1 unspecified atom stereocenters. The third kappa shape index (κ3) is 3.18. The molecular formula is C14H18FN3O3. The average Bonchev–Trinajstić information content (AvgIpc) is 2.91. The van der Waals surface area contributed by atoms with Crippen molar-refractivity contribution in [2.24, 2.45) is 5.41 Å². The number of anilines is 1. The van der Waals surface area contributed by atoms with Gasteiger partial charge in [0.05, 0.1) is 10.3 Å². The molecule has 0 spiro atoms. The molecule has 1 heterocycles. The fraction of sp³-hybridized carbons (Fsp3) is 0.500. The van der Waals surface area contributed by atoms with Crippen LogP contribution in [0.5, 0.6) is 0 Å². The summed E-state index contributed by atoms with van der Waals surface area (Å²) in [5.74, 6) is -1.08. The smallest absolute Gasteiger partial charge is 0.306 e. The predicted molar refractivity (Wildman–Crippen MR) is 76.5 cm³/mol. The van der Waals surface area contributed by atoms with Crippen molar-refractivity contribution < 1.29 is 14.1 Å². The molecule has 1 aromatic carbocycles. The van der Waals surface area contributed by atoms with Crippen LogP contribution in [0.2, 0.25) is 0 Å². The maximum Gasteiger partial charge on any atom is 0.306 e. The predicted octanol–water partition coefficient (Wildman–Crippen LogP) is 2.45. The van der Waals surface area contributed by atoms with E-state index in [1.54, 1.807) is 0 Å². The molecule has 0 aliphatic carbocycles. The Bertz CT molecular complexity index is 556. The molecule has 2 rings (SSSR count). The highest BCUT2D eigenvalue weighted by molar-refractivity contribution is 5.96. The lowest BCUT2D eigenvalue weighted by Gasteiger charge is -2.26. The molecule has 1 fully saturated rings. The number of carbonyl (C=O) groups is 1. The number of nitro groups is 1. The van der Waals surface area contributed by atoms with Gasteiger partial charge in [-0.15, -0.1) is 0 Å². The molecule has 0 aromatic heterocycles. The fourth-order valence-corrected chi connectivity index (χ4v) is 2.74. The van der Waals surface area contributed by atoms with Crippen LogP contribution in [-0.4, -0.2) is 23.9 Å². The van der Waals surface area contributed by atoms with Crippen LogP contribution in [0, 0.1) is 21.3 Å². The monoisotopic (exact) mass is 295 g/mol. The molecule has 7 heteroatoms. The number of amides is 1. The van der Waals surface area contributed by atoms with Crippen molar-refractivity contribution in [2.75, 3.05) is 18.4 Å². The maximum atomic E-state index is 13.3. The zero-order chi connectivity index (χ0) is 15.5. The maximum absolute atomic E-state index is 13.3. The highest BCUT2D eigenvalue weighted by Crippen LogP contribution is 2.33. The van der Waals surface area contributed by atoms with Gasteiger partial charge in [-0.05, 0) is 31.5 Å². The molecule has 21 heavy (non-hydrogen) atoms. The van der Waals surface area contributed by atoms with Crippen molar-refractivity contribution in [3.05, 3.63) is 34.1 Å². The van der Waals surface area contributed by atoms with Gasteiger partial charge in [0, 0.05) is 18.3 Å². The van der Waals surface area contributed by atoms with Gasteiger partial charge in [-0.1, -0.05) is 13.3 Å². The van der Waals surface area contributed by atoms with Gasteiger partial charge in [0.15, 0.2) is 0 Å². The molecular weight excluding hydrogens is 277 g/mol. The van der Waals surface area contributed by atoms with Crippen LogP contribution in [0.3, 0.4) is 0 Å². The summed E-state index contributed by atoms with van der Waals surface area (Å²) in [4.78, 5) is 22.4. The summed E-state index contributed by atoms with van der Waals surface area (Å²) in [5.41, 5.74) is -0.880. The first-order chi connectivity index (χ1) is 9.98. The van der Waals surface area contributed by atoms with Gasteiger partial charge in [-0.2, -0.15) is 4.39 Å². The van der Waals surface area contributed by atoms with Crippen LogP contribution < -0.4 is 10.6 Å². The van der Waals surface area contributed by atoms with E-state index in [4.69, 9.17) is 0 Å². The molecule has 2 N–H and O–H groups in total. The molecule has 0 bridgehead atoms. The number of rotatable bonds is 5. The van der Waals surface area contributed by atoms with Crippen molar-refractivity contribution in [1.82, 2.24) is 5.32 Å². The average molecular weight is 295 g/mol. The quantitative estimate of drug-likeness (QED) is 0.645. The highest BCUT2D eigenvalue weighted by atomic mass is 19.1. The Labute approximate surface area is 121 Å². The molecule has 114 valence electrons. The van der Waals surface area contributed by atoms with Gasteiger partial charge in [0.25, 0.3) is 0 Å². The molecule has 1 aliphatic rings. The molecule has 0 saturated carbocycles. The third-order valence-corrected chi connectivity index (χ3v) is 3.85. The molecule has 6 nitrogen and oxygen atoms in total. The Kier molecular flexibility index (Phi) is 4.52. The zero-order valence-corrected chi connectivity index (χ0v) is 11.8. The first kappa shape index (κ1) is 15.4. The van der Waals surface area contributed by atoms with Gasteiger partial charge in [-0.3, -0.25) is 14.9 Å². The second kappa shape index (κ2) is 6.17. The second-order valence-corrected chi connectivity index (χ2v) is 5.33. The zero-order valence-electron chi connectivity index (χ0n) is 11.8. The van der Waals surface area contributed by atoms with E-state index in [1.165, 1.54) is 6.07 Å². The number of nitrogens with one attached hydrogen (secondary N) is 2. The lowest BCUT2D eigenvalue weighted by molar-refractivity contribution is -0.387. The summed E-state index contributed by atoms with van der Waals surface area (Å²) in [6.07, 6.45) is 2.35. The van der Waals surface area contributed by atoms with Gasteiger partial charge in [0.1, 0.15) is 0 Å². The van der Waals surface area contributed by atoms with Crippen LogP contribution in [-0.2, 0) is 4.79 Å². The Morgan fingerprint density at radius 3 is 2.90 bits per heavy atom. The van der Waals surface area contributed by atoms with Gasteiger partial charge in [-0.25, -0.2) is 0 Å². The number of benzene rings is 1. The van der Waals surface area contributed by atoms with Crippen molar-refractivity contribution in [3.8, 4) is 0 Å². The van der Waals surface area contributed by atoms with E-state index in [2.05, 4.69) is 10.6 Å². The number of carbonyl (C=O) groups excluding carboxylic acids is 1. The number of nitro benzene ring substituents is 1. The minimum absolute atomic E-state index is 0.171. The van der Waals surface area contributed by atoms with E-state index in [1.807, 2.05) is 6.92 Å². The lowest BCUT2D eigenvalue weighted by Crippen LogP contribution is -2.38. The number of hydrogen-bond acceptors (Lipinski definition) is 4. The number of nitrogens with zero attached hydrogens (tertiary/aromatic N) is 1. The molecule has 1 amide bonds. The highest BCUT2D eigenvalue weighted by Gasteiger charge is 2.40. The van der Waals surface area contributed by atoms with Crippen molar-refractivity contribution >= 4 is 17.3 Å². The van der Waals surface area contributed by atoms with Crippen LogP contribution in [0.4, 0.5) is 15.8 Å². The standard InChI is InChI=1S/C14H18FN3O3/c1-2-5-14(6-7-16-9-14)13(19)17-10-3-4-11(15)12(8-10)18(20)21/h3-4,8,16H,2,5-7,9H2,1H3,(H,17,19). The Morgan fingerprint density at radius 2 is 2.33 bits per heavy atom. The summed E-state index contributed by atoms with van der Waals surface area (Å²) < 4.78 is 13.3. The molecule has 1 atom stereocenters. The van der Waals surface area contributed by atoms with Gasteiger partial charge >= 0.3 is 5.69 Å². The Morgan fingerprint density at radius 1 is 1.57 bits per heavy atom. The number of hydrogen-bond donors (Lipinski definition) is 2. The van der Waals surface area contributed by atoms with E-state index in [-0.39, 0.29) is 11.6 Å². The Balaban J connectivity index is 2.19. The summed E-state index contributed by atoms with van der Waals surface area (Å²) in [6.45, 7) is 3.38. The molecule has 1 aliphatic heterocycles. The van der Waals surface area contributed by atoms with E-state index < -0.39 is 21.8 Å². The van der Waals surface area contributed by atoms with Crippen LogP contribution in [0.25, 0.3) is 0 Å². The largest absolute Gasteiger partial charge is 0.325 e. The van der Waals surface area contributed by atoms with Crippen LogP contribution in [0.1, 0.15) is 26.2 Å². The minimum atomic E-state index is -0.913. The summed E-state index contributed by atoms with van der Waals surface area (Å²) in [7, 11) is 0. The van der Waals surface area contributed by atoms with Gasteiger partial charge < -0.3 is 10.6 Å². The van der Waals surface area contributed by atoms with E-state index in [9.17, 15) is 19.3 Å². The lowest BCUT2D eigenvalue weighted by atomic mass is 9.81. The summed E-state index contributed by atoms with van der Waals surface area (Å²) >= 11 is 0. The van der Waals surface area contributed by atoms with Crippen LogP contribution in [0.15, 0.2) is 18.2 Å². The van der Waals surface area contributed by atoms with Crippen molar-refractivity contribution in [1.29, 1.82) is 0 Å². The fourth-order valence-electron chi connectivity index (χ4n) is 2.74. The van der Waals surface area contributed by atoms with E-state index >= 15 is 0 Å². The first-order valence-electron chi connectivity index (χ1n) is 6.94. The molecule has 1 saturated heterocycles. The number of halogens is 1.